The Morgan fingerprint density at radius 2 is 0.527 bits per heavy atom. The molecule has 0 aromatic rings. The zero-order valence-corrected chi connectivity index (χ0v) is 49.4. The average Bonchev–Trinajstić information content (AvgIpc) is 3.40. The molecule has 1 atom stereocenters. The molecule has 0 aliphatic rings. The second-order valence-electron chi connectivity index (χ2n) is 21.6. The molecular weight excluding hydrogens is 913 g/mol. The quantitative estimate of drug-likeness (QED) is 0.0261. The van der Waals surface area contributed by atoms with Crippen molar-refractivity contribution in [1.29, 1.82) is 0 Å². The molecule has 0 amide bonds. The highest BCUT2D eigenvalue weighted by atomic mass is 16.6. The van der Waals surface area contributed by atoms with E-state index >= 15 is 0 Å². The van der Waals surface area contributed by atoms with E-state index in [-0.39, 0.29) is 31.1 Å². The van der Waals surface area contributed by atoms with Crippen LogP contribution < -0.4 is 0 Å². The van der Waals surface area contributed by atoms with E-state index in [1.807, 2.05) is 0 Å². The maximum Gasteiger partial charge on any atom is 0.306 e. The van der Waals surface area contributed by atoms with Crippen LogP contribution in [-0.2, 0) is 28.6 Å². The molecule has 0 aliphatic carbocycles. The Hall–Kier alpha value is -2.89. The molecule has 0 heterocycles. The molecule has 1 unspecified atom stereocenters. The summed E-state index contributed by atoms with van der Waals surface area (Å²) in [4.78, 5) is 38.3. The number of allylic oxidation sites excluding steroid dienone is 10. The van der Waals surface area contributed by atoms with E-state index in [0.717, 1.165) is 89.9 Å². The van der Waals surface area contributed by atoms with Gasteiger partial charge in [-0.05, 0) is 83.5 Å². The van der Waals surface area contributed by atoms with Gasteiger partial charge in [0.2, 0.25) is 0 Å². The molecule has 0 bridgehead atoms. The zero-order chi connectivity index (χ0) is 53.6. The number of carbonyl (C=O) groups excluding carboxylic acids is 3. The van der Waals surface area contributed by atoms with Crippen LogP contribution in [0.2, 0.25) is 0 Å². The molecule has 430 valence electrons. The first-order valence-corrected chi connectivity index (χ1v) is 32.3. The molecular formula is C68H122O6. The summed E-state index contributed by atoms with van der Waals surface area (Å²) in [6.45, 7) is 6.56. The molecule has 0 aromatic carbocycles. The first-order valence-electron chi connectivity index (χ1n) is 32.3. The highest BCUT2D eigenvalue weighted by molar-refractivity contribution is 5.71. The summed E-state index contributed by atoms with van der Waals surface area (Å²) in [6, 6.07) is 0. The molecule has 0 saturated carbocycles. The summed E-state index contributed by atoms with van der Waals surface area (Å²) in [5.41, 5.74) is 0. The maximum atomic E-state index is 12.9. The lowest BCUT2D eigenvalue weighted by Crippen LogP contribution is -2.30. The van der Waals surface area contributed by atoms with Crippen LogP contribution in [0.1, 0.15) is 335 Å². The van der Waals surface area contributed by atoms with E-state index in [9.17, 15) is 14.4 Å². The third kappa shape index (κ3) is 60.0. The third-order valence-corrected chi connectivity index (χ3v) is 14.3. The molecule has 0 spiro atoms. The van der Waals surface area contributed by atoms with E-state index in [0.29, 0.717) is 19.3 Å². The van der Waals surface area contributed by atoms with E-state index < -0.39 is 6.10 Å². The van der Waals surface area contributed by atoms with Gasteiger partial charge in [-0.2, -0.15) is 0 Å². The Kier molecular flexibility index (Phi) is 60.2. The number of unbranched alkanes of at least 4 members (excludes halogenated alkanes) is 38. The molecule has 0 aromatic heterocycles. The van der Waals surface area contributed by atoms with Gasteiger partial charge >= 0.3 is 17.9 Å². The van der Waals surface area contributed by atoms with Crippen molar-refractivity contribution in [1.82, 2.24) is 0 Å². The molecule has 74 heavy (non-hydrogen) atoms. The first-order chi connectivity index (χ1) is 36.5. The van der Waals surface area contributed by atoms with Gasteiger partial charge in [0.05, 0.1) is 0 Å². The molecule has 6 heteroatoms. The van der Waals surface area contributed by atoms with Crippen LogP contribution in [0.15, 0.2) is 60.8 Å². The van der Waals surface area contributed by atoms with Crippen molar-refractivity contribution < 1.29 is 28.6 Å². The van der Waals surface area contributed by atoms with Gasteiger partial charge in [0.25, 0.3) is 0 Å². The van der Waals surface area contributed by atoms with Crippen molar-refractivity contribution in [3.63, 3.8) is 0 Å². The van der Waals surface area contributed by atoms with Crippen LogP contribution in [-0.4, -0.2) is 37.2 Å². The number of carbonyl (C=O) groups is 3. The van der Waals surface area contributed by atoms with Crippen molar-refractivity contribution in [2.45, 2.75) is 341 Å². The van der Waals surface area contributed by atoms with Crippen LogP contribution >= 0.6 is 0 Å². The van der Waals surface area contributed by atoms with Crippen molar-refractivity contribution in [3.05, 3.63) is 60.8 Å². The Morgan fingerprint density at radius 3 is 0.838 bits per heavy atom. The second-order valence-corrected chi connectivity index (χ2v) is 21.6. The predicted octanol–water partition coefficient (Wildman–Crippen LogP) is 21.9. The minimum atomic E-state index is -0.778. The summed E-state index contributed by atoms with van der Waals surface area (Å²) in [7, 11) is 0. The fourth-order valence-corrected chi connectivity index (χ4v) is 9.43. The Bertz CT molecular complexity index is 1330. The van der Waals surface area contributed by atoms with Gasteiger partial charge in [0, 0.05) is 19.3 Å². The van der Waals surface area contributed by atoms with E-state index in [4.69, 9.17) is 14.2 Å². The molecule has 0 saturated heterocycles. The van der Waals surface area contributed by atoms with E-state index in [2.05, 4.69) is 81.5 Å². The summed E-state index contributed by atoms with van der Waals surface area (Å²) in [5.74, 6) is -0.868. The third-order valence-electron chi connectivity index (χ3n) is 14.3. The minimum Gasteiger partial charge on any atom is -0.462 e. The predicted molar refractivity (Wildman–Crippen MR) is 321 cm³/mol. The number of hydrogen-bond donors (Lipinski definition) is 0. The summed E-state index contributed by atoms with van der Waals surface area (Å²) in [6.07, 6.45) is 79.4. The lowest BCUT2D eigenvalue weighted by Gasteiger charge is -2.18. The first kappa shape index (κ1) is 71.1. The van der Waals surface area contributed by atoms with Crippen molar-refractivity contribution in [2.75, 3.05) is 13.2 Å². The molecule has 6 nitrogen and oxygen atoms in total. The fraction of sp³-hybridized carbons (Fsp3) is 0.809. The van der Waals surface area contributed by atoms with Gasteiger partial charge in [0.15, 0.2) is 6.10 Å². The number of hydrogen-bond acceptors (Lipinski definition) is 6. The maximum absolute atomic E-state index is 12.9. The number of ether oxygens (including phenoxy) is 3. The lowest BCUT2D eigenvalue weighted by molar-refractivity contribution is -0.167. The standard InChI is InChI=1S/C68H122O6/c1-4-7-10-13-16-19-22-25-28-30-32-33-34-35-37-38-40-43-46-49-52-55-58-61-67(70)73-64-65(63-72-66(69)60-57-54-51-48-45-42-27-24-21-18-15-12-9-6-3)74-68(71)62-59-56-53-50-47-44-41-39-36-31-29-26-23-20-17-14-11-8-5-2/h7,10,16,19,24-25,27-28,32-33,65H,4-6,8-9,11-15,17-18,20-23,26,29-31,34-64H2,1-3H3/b10-7-,19-16-,27-24-,28-25-,33-32-. The van der Waals surface area contributed by atoms with Gasteiger partial charge in [-0.25, -0.2) is 0 Å². The Balaban J connectivity index is 4.32. The van der Waals surface area contributed by atoms with Crippen LogP contribution in [0.4, 0.5) is 0 Å². The summed E-state index contributed by atoms with van der Waals surface area (Å²) < 4.78 is 16.9. The fourth-order valence-electron chi connectivity index (χ4n) is 9.43. The van der Waals surface area contributed by atoms with Crippen LogP contribution in [0.25, 0.3) is 0 Å². The molecule has 0 N–H and O–H groups in total. The Morgan fingerprint density at radius 1 is 0.284 bits per heavy atom. The second kappa shape index (κ2) is 62.6. The highest BCUT2D eigenvalue weighted by Crippen LogP contribution is 2.17. The minimum absolute atomic E-state index is 0.0756. The summed E-state index contributed by atoms with van der Waals surface area (Å²) in [5, 5.41) is 0. The molecule has 0 radical (unpaired) electrons. The van der Waals surface area contributed by atoms with Crippen molar-refractivity contribution in [3.8, 4) is 0 Å². The van der Waals surface area contributed by atoms with Crippen LogP contribution in [0.5, 0.6) is 0 Å². The number of esters is 3. The topological polar surface area (TPSA) is 78.9 Å². The van der Waals surface area contributed by atoms with Crippen molar-refractivity contribution >= 4 is 17.9 Å². The smallest absolute Gasteiger partial charge is 0.306 e. The highest BCUT2D eigenvalue weighted by Gasteiger charge is 2.19. The van der Waals surface area contributed by atoms with E-state index in [1.165, 1.54) is 205 Å². The largest absolute Gasteiger partial charge is 0.462 e. The molecule has 0 aliphatic heterocycles. The molecule has 0 fully saturated rings. The van der Waals surface area contributed by atoms with E-state index in [1.54, 1.807) is 0 Å². The normalized spacial score (nSPS) is 12.4. The number of rotatable bonds is 59. The van der Waals surface area contributed by atoms with Crippen LogP contribution in [0.3, 0.4) is 0 Å². The monoisotopic (exact) mass is 1030 g/mol. The average molecular weight is 1040 g/mol. The summed E-state index contributed by atoms with van der Waals surface area (Å²) >= 11 is 0. The van der Waals surface area contributed by atoms with Gasteiger partial charge in [-0.1, -0.05) is 293 Å². The zero-order valence-electron chi connectivity index (χ0n) is 49.4. The molecule has 0 rings (SSSR count). The van der Waals surface area contributed by atoms with Gasteiger partial charge < -0.3 is 14.2 Å². The SMILES string of the molecule is CC/C=C\C/C=C\C/C=C\C/C=C\CCCCCCCCCCCCC(=O)OCC(COC(=O)CCCCCCC/C=C\CCCCCCC)OC(=O)CCCCCCCCCCCCCCCCCCCCC. The van der Waals surface area contributed by atoms with Gasteiger partial charge in [-0.3, -0.25) is 14.4 Å². The van der Waals surface area contributed by atoms with Crippen LogP contribution in [0, 0.1) is 0 Å². The Labute approximate surface area is 460 Å². The van der Waals surface area contributed by atoms with Gasteiger partial charge in [0.1, 0.15) is 13.2 Å². The lowest BCUT2D eigenvalue weighted by atomic mass is 10.0. The van der Waals surface area contributed by atoms with Crippen molar-refractivity contribution in [2.24, 2.45) is 0 Å². The van der Waals surface area contributed by atoms with Gasteiger partial charge in [-0.15, -0.1) is 0 Å².